The number of carbonyl (C=O) groups is 2. The average molecular weight is 451 g/mol. The fourth-order valence-corrected chi connectivity index (χ4v) is 5.34. The minimum atomic E-state index is -0.287. The molecule has 1 fully saturated rings. The zero-order valence-electron chi connectivity index (χ0n) is 18.3. The van der Waals surface area contributed by atoms with Crippen LogP contribution in [0, 0.1) is 0 Å². The van der Waals surface area contributed by atoms with Crippen LogP contribution in [0.15, 0.2) is 71.6 Å². The smallest absolute Gasteiger partial charge is 0.410 e. The van der Waals surface area contributed by atoms with Gasteiger partial charge in [-0.1, -0.05) is 66.7 Å². The molecule has 0 atom stereocenters. The van der Waals surface area contributed by atoms with Gasteiger partial charge in [-0.05, 0) is 30.4 Å². The quantitative estimate of drug-likeness (QED) is 0.653. The number of piperidine rings is 1. The molecule has 4 rings (SSSR count). The number of hydrogen-bond donors (Lipinski definition) is 1. The van der Waals surface area contributed by atoms with Crippen molar-refractivity contribution < 1.29 is 14.3 Å². The molecular formula is C26H30N2O3S. The summed E-state index contributed by atoms with van der Waals surface area (Å²) in [5.74, 6) is 1.18. The number of benzene rings is 2. The van der Waals surface area contributed by atoms with Crippen molar-refractivity contribution in [3.63, 3.8) is 0 Å². The second-order valence-electron chi connectivity index (χ2n) is 8.43. The summed E-state index contributed by atoms with van der Waals surface area (Å²) in [6, 6.07) is 20.0. The highest BCUT2D eigenvalue weighted by Crippen LogP contribution is 2.39. The molecule has 0 unspecified atom stereocenters. The van der Waals surface area contributed by atoms with E-state index in [-0.39, 0.29) is 24.0 Å². The van der Waals surface area contributed by atoms with Crippen LogP contribution in [0.2, 0.25) is 0 Å². The van der Waals surface area contributed by atoms with E-state index in [0.717, 1.165) is 30.6 Å². The number of ether oxygens (including phenoxy) is 1. The van der Waals surface area contributed by atoms with Crippen LogP contribution in [0.3, 0.4) is 0 Å². The van der Waals surface area contributed by atoms with E-state index in [4.69, 9.17) is 4.74 Å². The third kappa shape index (κ3) is 5.74. The Kier molecular flexibility index (Phi) is 7.53. The van der Waals surface area contributed by atoms with Crippen molar-refractivity contribution in [2.24, 2.45) is 0 Å². The summed E-state index contributed by atoms with van der Waals surface area (Å²) in [5.41, 5.74) is 1.88. The molecule has 32 heavy (non-hydrogen) atoms. The van der Waals surface area contributed by atoms with E-state index in [9.17, 15) is 9.59 Å². The van der Waals surface area contributed by atoms with E-state index in [1.165, 1.54) is 10.5 Å². The van der Waals surface area contributed by atoms with E-state index in [2.05, 4.69) is 23.5 Å². The minimum Gasteiger partial charge on any atom is -0.445 e. The molecule has 0 radical (unpaired) electrons. The molecule has 6 heteroatoms. The summed E-state index contributed by atoms with van der Waals surface area (Å²) in [7, 11) is 0. The first-order valence-electron chi connectivity index (χ1n) is 11.2. The number of carbonyl (C=O) groups excluding carboxylic acids is 2. The zero-order valence-corrected chi connectivity index (χ0v) is 19.1. The number of nitrogens with zero attached hydrogens (tertiary/aromatic N) is 1. The first-order chi connectivity index (χ1) is 15.6. The predicted molar refractivity (Wildman–Crippen MR) is 128 cm³/mol. The van der Waals surface area contributed by atoms with Gasteiger partial charge in [0.05, 0.1) is 0 Å². The van der Waals surface area contributed by atoms with Gasteiger partial charge in [-0.25, -0.2) is 4.79 Å². The second-order valence-corrected chi connectivity index (χ2v) is 9.66. The van der Waals surface area contributed by atoms with Crippen LogP contribution >= 0.6 is 11.8 Å². The highest BCUT2D eigenvalue weighted by molar-refractivity contribution is 8.03. The van der Waals surface area contributed by atoms with Crippen molar-refractivity contribution in [3.8, 4) is 0 Å². The molecule has 1 N–H and O–H groups in total. The number of allylic oxidation sites excluding steroid dienone is 1. The zero-order chi connectivity index (χ0) is 22.2. The van der Waals surface area contributed by atoms with E-state index >= 15 is 0 Å². The van der Waals surface area contributed by atoms with Crippen LogP contribution in [0.25, 0.3) is 0 Å². The van der Waals surface area contributed by atoms with E-state index in [1.54, 1.807) is 4.90 Å². The van der Waals surface area contributed by atoms with E-state index in [1.807, 2.05) is 60.3 Å². The summed E-state index contributed by atoms with van der Waals surface area (Å²) in [6.07, 6.45) is 4.91. The first-order valence-corrected chi connectivity index (χ1v) is 12.2. The summed E-state index contributed by atoms with van der Waals surface area (Å²) in [6.45, 7) is 2.05. The maximum Gasteiger partial charge on any atom is 0.410 e. The summed E-state index contributed by atoms with van der Waals surface area (Å²) in [5, 5.41) is 3.11. The molecule has 2 aliphatic rings. The molecule has 1 saturated heterocycles. The fourth-order valence-electron chi connectivity index (χ4n) is 4.43. The number of likely N-dealkylation sites (tertiary alicyclic amines) is 1. The molecule has 0 aromatic heterocycles. The van der Waals surface area contributed by atoms with Crippen molar-refractivity contribution in [1.29, 1.82) is 0 Å². The van der Waals surface area contributed by atoms with Gasteiger partial charge in [0.15, 0.2) is 0 Å². The molecule has 168 valence electrons. The molecule has 0 spiro atoms. The summed E-state index contributed by atoms with van der Waals surface area (Å²) in [4.78, 5) is 28.5. The lowest BCUT2D eigenvalue weighted by atomic mass is 9.70. The molecule has 0 aliphatic carbocycles. The Balaban J connectivity index is 1.36. The highest BCUT2D eigenvalue weighted by Gasteiger charge is 2.39. The van der Waals surface area contributed by atoms with Gasteiger partial charge in [0.2, 0.25) is 5.91 Å². The molecule has 5 nitrogen and oxygen atoms in total. The van der Waals surface area contributed by atoms with Crippen molar-refractivity contribution >= 4 is 23.8 Å². The maximum absolute atomic E-state index is 12.9. The normalized spacial score (nSPS) is 17.5. The highest BCUT2D eigenvalue weighted by atomic mass is 32.2. The second kappa shape index (κ2) is 10.7. The number of rotatable bonds is 7. The molecule has 2 aromatic carbocycles. The Morgan fingerprint density at radius 1 is 1.00 bits per heavy atom. The standard InChI is InChI=1S/C26H30N2O3S/c29-24(27-19-23-12-7-17-32-23)18-26(22-10-5-2-6-11-22)13-15-28(16-14-26)25(30)31-20-21-8-3-1-4-9-21/h1-6,8-12H,7,13-20H2,(H,27,29). The molecule has 2 aliphatic heterocycles. The third-order valence-corrected chi connectivity index (χ3v) is 7.43. The first kappa shape index (κ1) is 22.5. The monoisotopic (exact) mass is 450 g/mol. The summed E-state index contributed by atoms with van der Waals surface area (Å²) < 4.78 is 5.52. The molecule has 0 saturated carbocycles. The Labute approximate surface area is 194 Å². The lowest BCUT2D eigenvalue weighted by molar-refractivity contribution is -0.122. The van der Waals surface area contributed by atoms with Crippen LogP contribution in [0.4, 0.5) is 4.79 Å². The molecule has 0 bridgehead atoms. The number of thioether (sulfide) groups is 1. The van der Waals surface area contributed by atoms with Crippen LogP contribution in [0.1, 0.15) is 36.8 Å². The lowest BCUT2D eigenvalue weighted by Gasteiger charge is -2.41. The van der Waals surface area contributed by atoms with E-state index < -0.39 is 0 Å². The Bertz CT molecular complexity index is 938. The van der Waals surface area contributed by atoms with Gasteiger partial charge in [-0.15, -0.1) is 11.8 Å². The van der Waals surface area contributed by atoms with Gasteiger partial charge in [-0.3, -0.25) is 4.79 Å². The van der Waals surface area contributed by atoms with Crippen LogP contribution in [-0.4, -0.2) is 42.3 Å². The van der Waals surface area contributed by atoms with Gasteiger partial charge >= 0.3 is 6.09 Å². The van der Waals surface area contributed by atoms with Gasteiger partial charge in [-0.2, -0.15) is 0 Å². The predicted octanol–water partition coefficient (Wildman–Crippen LogP) is 4.88. The van der Waals surface area contributed by atoms with E-state index in [0.29, 0.717) is 26.1 Å². The van der Waals surface area contributed by atoms with Crippen molar-refractivity contribution in [2.75, 3.05) is 25.4 Å². The summed E-state index contributed by atoms with van der Waals surface area (Å²) >= 11 is 1.82. The van der Waals surface area contributed by atoms with Crippen molar-refractivity contribution in [3.05, 3.63) is 82.8 Å². The average Bonchev–Trinajstić information content (AvgIpc) is 3.37. The van der Waals surface area contributed by atoms with Gasteiger partial charge in [0.1, 0.15) is 6.61 Å². The van der Waals surface area contributed by atoms with Crippen LogP contribution in [0.5, 0.6) is 0 Å². The molecule has 2 heterocycles. The lowest BCUT2D eigenvalue weighted by Crippen LogP contribution is -2.47. The fraction of sp³-hybridized carbons (Fsp3) is 0.385. The number of hydrogen-bond acceptors (Lipinski definition) is 4. The SMILES string of the molecule is O=C(CC1(c2ccccc2)CCN(C(=O)OCc2ccccc2)CC1)NCC1=CCCS1. The number of amides is 2. The van der Waals surface area contributed by atoms with Crippen molar-refractivity contribution in [1.82, 2.24) is 10.2 Å². The number of nitrogens with one attached hydrogen (secondary N) is 1. The van der Waals surface area contributed by atoms with Crippen LogP contribution in [-0.2, 0) is 21.6 Å². The largest absolute Gasteiger partial charge is 0.445 e. The van der Waals surface area contributed by atoms with Crippen LogP contribution < -0.4 is 5.32 Å². The molecule has 2 aromatic rings. The Morgan fingerprint density at radius 3 is 2.34 bits per heavy atom. The Morgan fingerprint density at radius 2 is 1.69 bits per heavy atom. The Hall–Kier alpha value is -2.73. The third-order valence-electron chi connectivity index (χ3n) is 6.31. The topological polar surface area (TPSA) is 58.6 Å². The minimum absolute atomic E-state index is 0.0716. The molecular weight excluding hydrogens is 420 g/mol. The van der Waals surface area contributed by atoms with Crippen molar-refractivity contribution in [2.45, 2.75) is 37.7 Å². The van der Waals surface area contributed by atoms with Gasteiger partial charge < -0.3 is 15.0 Å². The van der Waals surface area contributed by atoms with Gasteiger partial charge in [0, 0.05) is 42.1 Å². The maximum atomic E-state index is 12.9. The molecule has 2 amide bonds. The van der Waals surface area contributed by atoms with Gasteiger partial charge in [0.25, 0.3) is 0 Å².